The van der Waals surface area contributed by atoms with Gasteiger partial charge in [0.2, 0.25) is 17.6 Å². The number of hydrogen-bond donors (Lipinski definition) is 0. The summed E-state index contributed by atoms with van der Waals surface area (Å²) < 4.78 is 5.36. The average molecular weight is 371 g/mol. The SMILES string of the molecule is O=C(CCSc1ccccc1)N1CC(c2nc(-c3ccsc3)no2)C1. The third kappa shape index (κ3) is 3.77. The number of likely N-dealkylation sites (tertiary alicyclic amines) is 1. The van der Waals surface area contributed by atoms with Crippen molar-refractivity contribution in [3.8, 4) is 11.4 Å². The molecule has 1 amide bonds. The second-order valence-electron chi connectivity index (χ2n) is 5.88. The average Bonchev–Trinajstić information content (AvgIpc) is 3.26. The van der Waals surface area contributed by atoms with E-state index >= 15 is 0 Å². The summed E-state index contributed by atoms with van der Waals surface area (Å²) in [5.74, 6) is 2.40. The zero-order chi connectivity index (χ0) is 17.1. The van der Waals surface area contributed by atoms with Gasteiger partial charge in [0.05, 0.1) is 5.92 Å². The lowest BCUT2D eigenvalue weighted by Crippen LogP contribution is -2.48. The van der Waals surface area contributed by atoms with Gasteiger partial charge in [-0.05, 0) is 23.6 Å². The van der Waals surface area contributed by atoms with Gasteiger partial charge in [-0.2, -0.15) is 16.3 Å². The molecule has 0 spiro atoms. The number of carbonyl (C=O) groups is 1. The van der Waals surface area contributed by atoms with Crippen LogP contribution in [0.2, 0.25) is 0 Å². The number of nitrogens with zero attached hydrogens (tertiary/aromatic N) is 3. The minimum Gasteiger partial charge on any atom is -0.341 e. The lowest BCUT2D eigenvalue weighted by Gasteiger charge is -2.37. The summed E-state index contributed by atoms with van der Waals surface area (Å²) in [7, 11) is 0. The minimum absolute atomic E-state index is 0.158. The fourth-order valence-electron chi connectivity index (χ4n) is 2.68. The van der Waals surface area contributed by atoms with Crippen LogP contribution >= 0.6 is 23.1 Å². The topological polar surface area (TPSA) is 59.2 Å². The fourth-order valence-corrected chi connectivity index (χ4v) is 4.18. The van der Waals surface area contributed by atoms with Gasteiger partial charge in [0.15, 0.2) is 0 Å². The maximum Gasteiger partial charge on any atom is 0.233 e. The lowest BCUT2D eigenvalue weighted by atomic mass is 10.00. The van der Waals surface area contributed by atoms with Crippen molar-refractivity contribution in [2.75, 3.05) is 18.8 Å². The Hall–Kier alpha value is -2.12. The normalized spacial score (nSPS) is 14.5. The lowest BCUT2D eigenvalue weighted by molar-refractivity contribution is -0.135. The zero-order valence-corrected chi connectivity index (χ0v) is 15.1. The first kappa shape index (κ1) is 16.4. The van der Waals surface area contributed by atoms with Gasteiger partial charge in [0, 0.05) is 41.1 Å². The summed E-state index contributed by atoms with van der Waals surface area (Å²) in [5.41, 5.74) is 0.977. The zero-order valence-electron chi connectivity index (χ0n) is 13.5. The van der Waals surface area contributed by atoms with Crippen molar-refractivity contribution in [2.24, 2.45) is 0 Å². The van der Waals surface area contributed by atoms with Crippen molar-refractivity contribution < 1.29 is 9.32 Å². The van der Waals surface area contributed by atoms with E-state index in [-0.39, 0.29) is 11.8 Å². The van der Waals surface area contributed by atoms with E-state index in [4.69, 9.17) is 4.52 Å². The van der Waals surface area contributed by atoms with Crippen LogP contribution in [0.25, 0.3) is 11.4 Å². The highest BCUT2D eigenvalue weighted by molar-refractivity contribution is 7.99. The van der Waals surface area contributed by atoms with Crippen molar-refractivity contribution in [3.63, 3.8) is 0 Å². The van der Waals surface area contributed by atoms with Gasteiger partial charge >= 0.3 is 0 Å². The smallest absolute Gasteiger partial charge is 0.233 e. The molecule has 1 fully saturated rings. The van der Waals surface area contributed by atoms with Crippen LogP contribution in [0.3, 0.4) is 0 Å². The van der Waals surface area contributed by atoms with Crippen molar-refractivity contribution in [3.05, 3.63) is 53.0 Å². The molecule has 4 rings (SSSR count). The summed E-state index contributed by atoms with van der Waals surface area (Å²) in [6.45, 7) is 1.33. The van der Waals surface area contributed by atoms with Crippen LogP contribution in [-0.4, -0.2) is 39.8 Å². The molecule has 1 aromatic carbocycles. The molecular weight excluding hydrogens is 354 g/mol. The number of hydrogen-bond acceptors (Lipinski definition) is 6. The molecule has 5 nitrogen and oxygen atoms in total. The Morgan fingerprint density at radius 2 is 2.12 bits per heavy atom. The molecule has 25 heavy (non-hydrogen) atoms. The van der Waals surface area contributed by atoms with Crippen LogP contribution in [0, 0.1) is 0 Å². The van der Waals surface area contributed by atoms with Crippen molar-refractivity contribution in [1.29, 1.82) is 0 Å². The van der Waals surface area contributed by atoms with Gasteiger partial charge in [0.25, 0.3) is 0 Å². The molecule has 0 saturated carbocycles. The Balaban J connectivity index is 1.24. The third-order valence-corrected chi connectivity index (χ3v) is 5.83. The largest absolute Gasteiger partial charge is 0.341 e. The molecule has 3 heterocycles. The van der Waals surface area contributed by atoms with Gasteiger partial charge in [-0.1, -0.05) is 23.4 Å². The molecular formula is C18H17N3O2S2. The Kier molecular flexibility index (Phi) is 4.85. The summed E-state index contributed by atoms with van der Waals surface area (Å²) in [6.07, 6.45) is 0.552. The maximum absolute atomic E-state index is 12.2. The molecule has 1 saturated heterocycles. The van der Waals surface area contributed by atoms with E-state index in [1.165, 1.54) is 4.90 Å². The molecule has 0 radical (unpaired) electrons. The van der Waals surface area contributed by atoms with Crippen LogP contribution < -0.4 is 0 Å². The van der Waals surface area contributed by atoms with Crippen LogP contribution in [0.1, 0.15) is 18.2 Å². The number of thioether (sulfide) groups is 1. The van der Waals surface area contributed by atoms with Crippen molar-refractivity contribution in [2.45, 2.75) is 17.2 Å². The van der Waals surface area contributed by atoms with E-state index in [1.54, 1.807) is 23.1 Å². The Morgan fingerprint density at radius 3 is 2.88 bits per heavy atom. The number of benzene rings is 1. The van der Waals surface area contributed by atoms with E-state index in [9.17, 15) is 4.79 Å². The first-order valence-corrected chi connectivity index (χ1v) is 10.0. The molecule has 0 N–H and O–H groups in total. The molecule has 0 atom stereocenters. The summed E-state index contributed by atoms with van der Waals surface area (Å²) in [5, 5.41) is 8.01. The van der Waals surface area contributed by atoms with E-state index in [0.29, 0.717) is 31.2 Å². The molecule has 3 aromatic rings. The van der Waals surface area contributed by atoms with Crippen LogP contribution in [0.15, 0.2) is 56.6 Å². The highest BCUT2D eigenvalue weighted by Crippen LogP contribution is 2.29. The standard InChI is InChI=1S/C18H17N3O2S2/c22-16(7-9-25-15-4-2-1-3-5-15)21-10-14(11-21)18-19-17(20-23-18)13-6-8-24-12-13/h1-6,8,12,14H,7,9-11H2. The van der Waals surface area contributed by atoms with E-state index < -0.39 is 0 Å². The quantitative estimate of drug-likeness (QED) is 0.615. The number of thiophene rings is 1. The molecule has 1 aliphatic heterocycles. The van der Waals surface area contributed by atoms with E-state index in [2.05, 4.69) is 22.3 Å². The van der Waals surface area contributed by atoms with Gasteiger partial charge < -0.3 is 9.42 Å². The predicted molar refractivity (Wildman–Crippen MR) is 98.7 cm³/mol. The number of carbonyl (C=O) groups excluding carboxylic acids is 1. The second kappa shape index (κ2) is 7.41. The van der Waals surface area contributed by atoms with Crippen molar-refractivity contribution in [1.82, 2.24) is 15.0 Å². The highest BCUT2D eigenvalue weighted by atomic mass is 32.2. The third-order valence-electron chi connectivity index (χ3n) is 4.13. The Bertz CT molecular complexity index is 827. The van der Waals surface area contributed by atoms with E-state index in [1.807, 2.05) is 39.9 Å². The minimum atomic E-state index is 0.158. The molecule has 0 unspecified atom stereocenters. The van der Waals surface area contributed by atoms with Gasteiger partial charge in [-0.25, -0.2) is 0 Å². The van der Waals surface area contributed by atoms with Crippen LogP contribution in [0.5, 0.6) is 0 Å². The summed E-state index contributed by atoms with van der Waals surface area (Å²) in [4.78, 5) is 19.8. The first-order valence-electron chi connectivity index (χ1n) is 8.11. The molecule has 128 valence electrons. The van der Waals surface area contributed by atoms with Gasteiger partial charge in [0.1, 0.15) is 0 Å². The number of amides is 1. The van der Waals surface area contributed by atoms with Crippen molar-refractivity contribution >= 4 is 29.0 Å². The van der Waals surface area contributed by atoms with Crippen LogP contribution in [0.4, 0.5) is 0 Å². The molecule has 0 aliphatic carbocycles. The molecule has 1 aliphatic rings. The second-order valence-corrected chi connectivity index (χ2v) is 7.82. The number of aromatic nitrogens is 2. The fraction of sp³-hybridized carbons (Fsp3) is 0.278. The molecule has 0 bridgehead atoms. The predicted octanol–water partition coefficient (Wildman–Crippen LogP) is 3.91. The van der Waals surface area contributed by atoms with Crippen LogP contribution in [-0.2, 0) is 4.79 Å². The molecule has 2 aromatic heterocycles. The monoisotopic (exact) mass is 371 g/mol. The molecule has 7 heteroatoms. The highest BCUT2D eigenvalue weighted by Gasteiger charge is 2.35. The Labute approximate surface area is 154 Å². The van der Waals surface area contributed by atoms with Gasteiger partial charge in [-0.15, -0.1) is 11.8 Å². The Morgan fingerprint density at radius 1 is 1.28 bits per heavy atom. The maximum atomic E-state index is 12.2. The summed E-state index contributed by atoms with van der Waals surface area (Å²) >= 11 is 3.32. The number of rotatable bonds is 6. The first-order chi connectivity index (χ1) is 12.3. The van der Waals surface area contributed by atoms with E-state index in [0.717, 1.165) is 11.3 Å². The van der Waals surface area contributed by atoms with Gasteiger partial charge in [-0.3, -0.25) is 4.79 Å². The summed E-state index contributed by atoms with van der Waals surface area (Å²) in [6, 6.07) is 12.1.